The Kier molecular flexibility index (Phi) is 5.98. The van der Waals surface area contributed by atoms with E-state index < -0.39 is 23.9 Å². The number of hydrogen-bond donors (Lipinski definition) is 4. The molecule has 0 heterocycles. The predicted octanol–water partition coefficient (Wildman–Crippen LogP) is 1.48. The summed E-state index contributed by atoms with van der Waals surface area (Å²) in [5, 5.41) is 29.5. The molecule has 0 aromatic heterocycles. The van der Waals surface area contributed by atoms with Crippen molar-refractivity contribution in [2.24, 2.45) is 0 Å². The van der Waals surface area contributed by atoms with Crippen LogP contribution in [0.15, 0.2) is 18.2 Å². The summed E-state index contributed by atoms with van der Waals surface area (Å²) in [6, 6.07) is 2.57. The van der Waals surface area contributed by atoms with Crippen LogP contribution in [0.2, 0.25) is 5.02 Å². The summed E-state index contributed by atoms with van der Waals surface area (Å²) in [5.74, 6) is -3.45. The quantitative estimate of drug-likeness (QED) is 0.604. The zero-order valence-corrected chi connectivity index (χ0v) is 11.6. The second-order valence-electron chi connectivity index (χ2n) is 4.31. The zero-order chi connectivity index (χ0) is 16.0. The van der Waals surface area contributed by atoms with Crippen LogP contribution in [0.1, 0.15) is 29.6 Å². The molecule has 0 spiro atoms. The van der Waals surface area contributed by atoms with Crippen molar-refractivity contribution in [2.45, 2.75) is 25.3 Å². The zero-order valence-electron chi connectivity index (χ0n) is 10.9. The number of aromatic hydroxyl groups is 1. The number of phenols is 1. The minimum Gasteiger partial charge on any atom is -0.507 e. The van der Waals surface area contributed by atoms with Gasteiger partial charge in [-0.25, -0.2) is 4.79 Å². The highest BCUT2D eigenvalue weighted by Crippen LogP contribution is 2.21. The average molecular weight is 316 g/mol. The van der Waals surface area contributed by atoms with Gasteiger partial charge in [-0.1, -0.05) is 11.6 Å². The Labute approximate surface area is 125 Å². The van der Waals surface area contributed by atoms with Crippen LogP contribution in [0.3, 0.4) is 0 Å². The van der Waals surface area contributed by atoms with E-state index in [1.54, 1.807) is 0 Å². The minimum absolute atomic E-state index is 0.0330. The van der Waals surface area contributed by atoms with Crippen LogP contribution in [0, 0.1) is 0 Å². The molecule has 8 heteroatoms. The minimum atomic E-state index is -1.28. The molecular weight excluding hydrogens is 302 g/mol. The van der Waals surface area contributed by atoms with E-state index in [0.717, 1.165) is 0 Å². The second kappa shape index (κ2) is 7.49. The number of benzene rings is 1. The molecule has 1 atom stereocenters. The monoisotopic (exact) mass is 315 g/mol. The van der Waals surface area contributed by atoms with Gasteiger partial charge in [0.15, 0.2) is 0 Å². The van der Waals surface area contributed by atoms with Crippen molar-refractivity contribution >= 4 is 29.4 Å². The van der Waals surface area contributed by atoms with Crippen LogP contribution >= 0.6 is 11.6 Å². The molecule has 0 saturated heterocycles. The summed E-state index contributed by atoms with van der Waals surface area (Å²) >= 11 is 5.71. The number of carboxylic acids is 2. The van der Waals surface area contributed by atoms with Gasteiger partial charge in [0.2, 0.25) is 0 Å². The Morgan fingerprint density at radius 3 is 2.48 bits per heavy atom. The Morgan fingerprint density at radius 2 is 1.90 bits per heavy atom. The summed E-state index contributed by atoms with van der Waals surface area (Å²) < 4.78 is 0. The van der Waals surface area contributed by atoms with E-state index >= 15 is 0 Å². The van der Waals surface area contributed by atoms with Crippen molar-refractivity contribution in [3.8, 4) is 5.75 Å². The number of halogens is 1. The Balaban J connectivity index is 2.74. The second-order valence-corrected chi connectivity index (χ2v) is 4.75. The Bertz CT molecular complexity index is 560. The molecule has 0 aliphatic carbocycles. The average Bonchev–Trinajstić information content (AvgIpc) is 2.39. The van der Waals surface area contributed by atoms with E-state index in [0.29, 0.717) is 0 Å². The lowest BCUT2D eigenvalue weighted by atomic mass is 10.1. The first-order chi connectivity index (χ1) is 9.81. The number of carbonyl (C=O) groups is 3. The van der Waals surface area contributed by atoms with Gasteiger partial charge in [-0.05, 0) is 31.0 Å². The van der Waals surface area contributed by atoms with Crippen LogP contribution in [0.25, 0.3) is 0 Å². The molecule has 21 heavy (non-hydrogen) atoms. The first-order valence-electron chi connectivity index (χ1n) is 6.05. The molecule has 0 aliphatic heterocycles. The van der Waals surface area contributed by atoms with Gasteiger partial charge >= 0.3 is 11.9 Å². The highest BCUT2D eigenvalue weighted by molar-refractivity contribution is 6.31. The highest BCUT2D eigenvalue weighted by atomic mass is 35.5. The number of hydrogen-bond acceptors (Lipinski definition) is 4. The largest absolute Gasteiger partial charge is 0.507 e. The third-order valence-electron chi connectivity index (χ3n) is 2.69. The van der Waals surface area contributed by atoms with Crippen LogP contribution in [-0.4, -0.2) is 39.2 Å². The number of nitrogens with one attached hydrogen (secondary N) is 1. The van der Waals surface area contributed by atoms with Gasteiger partial charge in [0.1, 0.15) is 11.8 Å². The van der Waals surface area contributed by atoms with Crippen LogP contribution in [0.5, 0.6) is 5.75 Å². The summed E-state index contributed by atoms with van der Waals surface area (Å²) in [7, 11) is 0. The molecule has 1 aromatic carbocycles. The van der Waals surface area contributed by atoms with E-state index in [1.165, 1.54) is 18.2 Å². The maximum Gasteiger partial charge on any atom is 0.326 e. The fourth-order valence-corrected chi connectivity index (χ4v) is 1.81. The van der Waals surface area contributed by atoms with E-state index in [1.807, 2.05) is 0 Å². The summed E-state index contributed by atoms with van der Waals surface area (Å²) in [5.41, 5.74) is -0.146. The molecule has 0 aliphatic rings. The van der Waals surface area contributed by atoms with Crippen molar-refractivity contribution < 1.29 is 29.7 Å². The lowest BCUT2D eigenvalue weighted by molar-refractivity contribution is -0.140. The number of phenolic OH excluding ortho intramolecular Hbond substituents is 1. The first-order valence-corrected chi connectivity index (χ1v) is 6.43. The number of carboxylic acid groups (broad SMARTS) is 2. The van der Waals surface area contributed by atoms with E-state index in [4.69, 9.17) is 21.8 Å². The SMILES string of the molecule is O=C(O)CCC[C@@H](NC(=O)c1cc(Cl)ccc1O)C(=O)O. The number of aliphatic carboxylic acids is 2. The van der Waals surface area contributed by atoms with Crippen LogP contribution in [-0.2, 0) is 9.59 Å². The van der Waals surface area contributed by atoms with E-state index in [2.05, 4.69) is 5.32 Å². The van der Waals surface area contributed by atoms with Crippen LogP contribution in [0.4, 0.5) is 0 Å². The van der Waals surface area contributed by atoms with E-state index in [-0.39, 0.29) is 35.6 Å². The topological polar surface area (TPSA) is 124 Å². The summed E-state index contributed by atoms with van der Waals surface area (Å²) in [4.78, 5) is 33.4. The molecule has 0 fully saturated rings. The molecule has 0 saturated carbocycles. The highest BCUT2D eigenvalue weighted by Gasteiger charge is 2.22. The molecule has 114 valence electrons. The van der Waals surface area contributed by atoms with Crippen molar-refractivity contribution in [3.63, 3.8) is 0 Å². The lowest BCUT2D eigenvalue weighted by Crippen LogP contribution is -2.40. The fourth-order valence-electron chi connectivity index (χ4n) is 1.64. The molecule has 0 radical (unpaired) electrons. The molecule has 1 aromatic rings. The molecular formula is C13H14ClNO6. The maximum atomic E-state index is 11.9. The van der Waals surface area contributed by atoms with Crippen molar-refractivity contribution in [3.05, 3.63) is 28.8 Å². The smallest absolute Gasteiger partial charge is 0.326 e. The molecule has 0 bridgehead atoms. The third kappa shape index (κ3) is 5.31. The molecule has 4 N–H and O–H groups in total. The summed E-state index contributed by atoms with van der Waals surface area (Å²) in [6.45, 7) is 0. The molecule has 1 amide bonds. The number of rotatable bonds is 7. The Hall–Kier alpha value is -2.28. The summed E-state index contributed by atoms with van der Waals surface area (Å²) in [6.07, 6.45) is -0.120. The maximum absolute atomic E-state index is 11.9. The van der Waals surface area contributed by atoms with Gasteiger partial charge < -0.3 is 20.6 Å². The Morgan fingerprint density at radius 1 is 1.24 bits per heavy atom. The standard InChI is InChI=1S/C13H14ClNO6/c14-7-4-5-10(16)8(6-7)12(19)15-9(13(20)21)2-1-3-11(17)18/h4-6,9,16H,1-3H2,(H,15,19)(H,17,18)(H,20,21)/t9-/m1/s1. The van der Waals surface area contributed by atoms with Gasteiger partial charge in [-0.2, -0.15) is 0 Å². The predicted molar refractivity (Wildman–Crippen MR) is 73.5 cm³/mol. The van der Waals surface area contributed by atoms with Gasteiger partial charge in [-0.15, -0.1) is 0 Å². The lowest BCUT2D eigenvalue weighted by Gasteiger charge is -2.14. The number of amides is 1. The van der Waals surface area contributed by atoms with Crippen LogP contribution < -0.4 is 5.32 Å². The van der Waals surface area contributed by atoms with Crippen molar-refractivity contribution in [1.82, 2.24) is 5.32 Å². The van der Waals surface area contributed by atoms with E-state index in [9.17, 15) is 19.5 Å². The van der Waals surface area contributed by atoms with Gasteiger partial charge in [0.25, 0.3) is 5.91 Å². The van der Waals surface area contributed by atoms with Gasteiger partial charge in [0.05, 0.1) is 5.56 Å². The first kappa shape index (κ1) is 16.8. The van der Waals surface area contributed by atoms with Gasteiger partial charge in [0, 0.05) is 11.4 Å². The molecule has 1 rings (SSSR count). The number of carbonyl (C=O) groups excluding carboxylic acids is 1. The molecule has 0 unspecified atom stereocenters. The normalized spacial score (nSPS) is 11.7. The van der Waals surface area contributed by atoms with Gasteiger partial charge in [-0.3, -0.25) is 9.59 Å². The van der Waals surface area contributed by atoms with Crippen molar-refractivity contribution in [2.75, 3.05) is 0 Å². The third-order valence-corrected chi connectivity index (χ3v) is 2.93. The fraction of sp³-hybridized carbons (Fsp3) is 0.308. The molecule has 7 nitrogen and oxygen atoms in total. The van der Waals surface area contributed by atoms with Crippen molar-refractivity contribution in [1.29, 1.82) is 0 Å².